The van der Waals surface area contributed by atoms with Crippen molar-refractivity contribution in [3.05, 3.63) is 57.6 Å². The molecule has 0 amide bonds. The lowest BCUT2D eigenvalue weighted by atomic mass is 9.67. The fourth-order valence-corrected chi connectivity index (χ4v) is 9.38. The second-order valence-corrected chi connectivity index (χ2v) is 16.5. The van der Waals surface area contributed by atoms with E-state index in [0.29, 0.717) is 12.8 Å². The number of aromatic hydroxyl groups is 2. The van der Waals surface area contributed by atoms with Crippen LogP contribution in [0.4, 0.5) is 0 Å². The number of carbonyl (C=O) groups is 3. The Bertz CT molecular complexity index is 1890. The van der Waals surface area contributed by atoms with Gasteiger partial charge in [-0.2, -0.15) is 0 Å². The third-order valence-electron chi connectivity index (χ3n) is 12.6. The van der Waals surface area contributed by atoms with Crippen molar-refractivity contribution in [1.82, 2.24) is 4.90 Å². The summed E-state index contributed by atoms with van der Waals surface area (Å²) in [7, 11) is 4.93. The first kappa shape index (κ1) is 42.6. The molecule has 14 atom stereocenters. The summed E-state index contributed by atoms with van der Waals surface area (Å²) in [5.41, 5.74) is -2.47. The Labute approximate surface area is 336 Å². The number of ether oxygens (including phenoxy) is 7. The van der Waals surface area contributed by atoms with Crippen LogP contribution in [0.1, 0.15) is 121 Å². The maximum absolute atomic E-state index is 13.9. The zero-order valence-corrected chi connectivity index (χ0v) is 33.8. The van der Waals surface area contributed by atoms with Gasteiger partial charge in [-0.25, -0.2) is 0 Å². The molecule has 2 aromatic carbocycles. The molecule has 0 unspecified atom stereocenters. The highest BCUT2D eigenvalue weighted by atomic mass is 16.7. The summed E-state index contributed by atoms with van der Waals surface area (Å²) in [6.45, 7) is 7.08. The normalized spacial score (nSPS) is 37.5. The summed E-state index contributed by atoms with van der Waals surface area (Å²) in [6, 6.07) is 5.12. The highest BCUT2D eigenvalue weighted by Gasteiger charge is 2.53. The van der Waals surface area contributed by atoms with Crippen LogP contribution in [0.3, 0.4) is 0 Å². The number of esters is 1. The highest BCUT2D eigenvalue weighted by molar-refractivity contribution is 6.30. The molecule has 3 fully saturated rings. The van der Waals surface area contributed by atoms with Gasteiger partial charge in [0.15, 0.2) is 24.7 Å². The van der Waals surface area contributed by atoms with Gasteiger partial charge in [0, 0.05) is 48.4 Å². The molecule has 0 bridgehead atoms. The predicted molar refractivity (Wildman–Crippen MR) is 202 cm³/mol. The third kappa shape index (κ3) is 7.57. The quantitative estimate of drug-likeness (QED) is 0.196. The minimum Gasteiger partial charge on any atom is -0.507 e. The Hall–Kier alpha value is -3.55. The number of phenols is 2. The molecule has 16 heteroatoms. The molecule has 3 saturated heterocycles. The molecule has 0 spiro atoms. The Balaban J connectivity index is 1.13. The van der Waals surface area contributed by atoms with E-state index in [1.165, 1.54) is 31.4 Å². The molecule has 5 N–H and O–H groups in total. The van der Waals surface area contributed by atoms with Gasteiger partial charge in [0.25, 0.3) is 0 Å². The van der Waals surface area contributed by atoms with Gasteiger partial charge in [0.2, 0.25) is 5.78 Å². The minimum absolute atomic E-state index is 0.0305. The van der Waals surface area contributed by atoms with Crippen LogP contribution in [-0.2, 0) is 38.0 Å². The van der Waals surface area contributed by atoms with Crippen molar-refractivity contribution >= 4 is 17.5 Å². The maximum Gasteiger partial charge on any atom is 0.316 e. The topological polar surface area (TPSA) is 220 Å². The molecular weight excluding hydrogens is 758 g/mol. The van der Waals surface area contributed by atoms with Gasteiger partial charge < -0.3 is 63.6 Å². The second-order valence-electron chi connectivity index (χ2n) is 16.5. The summed E-state index contributed by atoms with van der Waals surface area (Å²) in [5.74, 6) is -4.58. The van der Waals surface area contributed by atoms with E-state index >= 15 is 0 Å². The zero-order valence-electron chi connectivity index (χ0n) is 33.8. The van der Waals surface area contributed by atoms with Crippen molar-refractivity contribution in [2.75, 3.05) is 21.2 Å². The largest absolute Gasteiger partial charge is 0.507 e. The molecule has 318 valence electrons. The molecule has 16 nitrogen and oxygen atoms in total. The fraction of sp³-hybridized carbons (Fsp3) is 0.643. The summed E-state index contributed by atoms with van der Waals surface area (Å²) in [5, 5.41) is 55.9. The third-order valence-corrected chi connectivity index (χ3v) is 12.6. The lowest BCUT2D eigenvalue weighted by molar-refractivity contribution is -0.328. The number of aliphatic hydroxyl groups is 3. The number of methoxy groups -OCH3 is 1. The number of fused-ring (bicyclic) bond motifs is 3. The lowest BCUT2D eigenvalue weighted by Gasteiger charge is -2.48. The van der Waals surface area contributed by atoms with Gasteiger partial charge in [-0.05, 0) is 65.4 Å². The van der Waals surface area contributed by atoms with Crippen LogP contribution >= 0.6 is 0 Å². The molecule has 58 heavy (non-hydrogen) atoms. The van der Waals surface area contributed by atoms with Gasteiger partial charge in [0.05, 0.1) is 60.5 Å². The van der Waals surface area contributed by atoms with Crippen molar-refractivity contribution in [2.24, 2.45) is 0 Å². The molecule has 3 heterocycles. The van der Waals surface area contributed by atoms with Crippen molar-refractivity contribution in [3.8, 4) is 11.5 Å². The first-order valence-corrected chi connectivity index (χ1v) is 20.0. The molecule has 0 aromatic heterocycles. The average Bonchev–Trinajstić information content (AvgIpc) is 3.17. The van der Waals surface area contributed by atoms with Crippen LogP contribution < -0.4 is 0 Å². The number of hydrogen-bond acceptors (Lipinski definition) is 16. The Morgan fingerprint density at radius 1 is 0.845 bits per heavy atom. The summed E-state index contributed by atoms with van der Waals surface area (Å²) in [4.78, 5) is 43.1. The molecular formula is C42H55NO15. The Kier molecular flexibility index (Phi) is 12.1. The van der Waals surface area contributed by atoms with E-state index in [1.807, 2.05) is 25.9 Å². The monoisotopic (exact) mass is 813 g/mol. The first-order chi connectivity index (χ1) is 27.5. The van der Waals surface area contributed by atoms with Gasteiger partial charge in [-0.3, -0.25) is 14.4 Å². The number of ketones is 2. The number of hydrogen-bond donors (Lipinski definition) is 5. The standard InChI is InChI=1S/C42H55NO15/c1-8-42(51)17-28(33-22(35(42)41(50)52-7)14-23-34(38(33)49)37(48)32-21(36(23)47)10-9-11-26(32)45)56-30-15-24(43(5)6)39(19(3)54-30)58-31-16-27(46)40(20(4)55-31)57-29-13-12-25(44)18(2)53-29/h9-11,14,18-20,24-25,27-31,35,39-40,44-46,49,51H,8,12-13,15-17H2,1-7H3/t18-,19-,20-,24-,25+,27+,28-,29+,30-,31+,35-,39+,40-,42+/m1/s1. The summed E-state index contributed by atoms with van der Waals surface area (Å²) in [6.07, 6.45) is -6.52. The van der Waals surface area contributed by atoms with Crippen molar-refractivity contribution in [2.45, 2.75) is 151 Å². The first-order valence-electron chi connectivity index (χ1n) is 20.0. The van der Waals surface area contributed by atoms with Crippen LogP contribution in [0, 0.1) is 0 Å². The number of likely N-dealkylation sites (N-methyl/N-ethyl adjacent to an activating group) is 1. The van der Waals surface area contributed by atoms with Crippen LogP contribution in [0.5, 0.6) is 11.5 Å². The van der Waals surface area contributed by atoms with E-state index in [4.69, 9.17) is 33.2 Å². The zero-order chi connectivity index (χ0) is 42.0. The van der Waals surface area contributed by atoms with Crippen molar-refractivity contribution < 1.29 is 73.1 Å². The van der Waals surface area contributed by atoms with Crippen molar-refractivity contribution in [1.29, 1.82) is 0 Å². The van der Waals surface area contributed by atoms with Gasteiger partial charge in [0.1, 0.15) is 29.6 Å². The van der Waals surface area contributed by atoms with Crippen LogP contribution in [-0.4, -0.2) is 142 Å². The predicted octanol–water partition coefficient (Wildman–Crippen LogP) is 2.95. The van der Waals surface area contributed by atoms with Crippen LogP contribution in [0.15, 0.2) is 24.3 Å². The molecule has 2 aliphatic carbocycles. The Morgan fingerprint density at radius 2 is 1.50 bits per heavy atom. The van der Waals surface area contributed by atoms with Gasteiger partial charge in [-0.15, -0.1) is 0 Å². The lowest BCUT2D eigenvalue weighted by Crippen LogP contribution is -2.58. The number of phenolic OH excluding ortho intramolecular Hbond substituents is 2. The summed E-state index contributed by atoms with van der Waals surface area (Å²) >= 11 is 0. The smallest absolute Gasteiger partial charge is 0.316 e. The number of aliphatic hydroxyl groups excluding tert-OH is 2. The second kappa shape index (κ2) is 16.5. The number of nitrogens with zero attached hydrogens (tertiary/aromatic N) is 1. The van der Waals surface area contributed by atoms with Crippen LogP contribution in [0.2, 0.25) is 0 Å². The molecule has 7 rings (SSSR count). The molecule has 2 aromatic rings. The number of rotatable bonds is 9. The SMILES string of the molecule is CC[C@]1(O)C[C@@H](O[C@@H]2C[C@@H](N(C)C)[C@@H](O[C@H]3C[C@H](O)[C@H](O[C@H]4CC[C@H](O)[C@@H](C)O4)[C@@H](C)O3)[C@@H](C)O2)c2c(cc3c(c2O)C(=O)c2c(O)cccc2C3=O)[C@@H]1C(=O)OC. The van der Waals surface area contributed by atoms with E-state index in [1.54, 1.807) is 20.8 Å². The summed E-state index contributed by atoms with van der Waals surface area (Å²) < 4.78 is 42.8. The van der Waals surface area contributed by atoms with E-state index in [-0.39, 0.29) is 65.1 Å². The van der Waals surface area contributed by atoms with E-state index in [0.717, 1.165) is 0 Å². The molecule has 3 aliphatic heterocycles. The van der Waals surface area contributed by atoms with Gasteiger partial charge >= 0.3 is 5.97 Å². The Morgan fingerprint density at radius 3 is 2.14 bits per heavy atom. The van der Waals surface area contributed by atoms with Gasteiger partial charge in [-0.1, -0.05) is 19.1 Å². The van der Waals surface area contributed by atoms with Crippen molar-refractivity contribution in [3.63, 3.8) is 0 Å². The minimum atomic E-state index is -1.75. The highest BCUT2D eigenvalue weighted by Crippen LogP contribution is 2.54. The molecule has 0 radical (unpaired) electrons. The molecule has 5 aliphatic rings. The molecule has 0 saturated carbocycles. The fourth-order valence-electron chi connectivity index (χ4n) is 9.38. The van der Waals surface area contributed by atoms with E-state index in [9.17, 15) is 39.9 Å². The van der Waals surface area contributed by atoms with E-state index in [2.05, 4.69) is 0 Å². The number of carbonyl (C=O) groups excluding carboxylic acids is 3. The van der Waals surface area contributed by atoms with Crippen LogP contribution in [0.25, 0.3) is 0 Å². The van der Waals surface area contributed by atoms with E-state index < -0.39 is 108 Å². The number of benzene rings is 2. The average molecular weight is 814 g/mol. The maximum atomic E-state index is 13.9.